The minimum Gasteiger partial charge on any atom is -0.243 e. The van der Waals surface area contributed by atoms with Gasteiger partial charge in [0.2, 0.25) is 0 Å². The predicted molar refractivity (Wildman–Crippen MR) is 30.7 cm³/mol. The molecule has 1 aliphatic rings. The molecule has 0 saturated carbocycles. The second-order valence-electron chi connectivity index (χ2n) is 1.24. The molecule has 1 heterocycles. The first-order chi connectivity index (χ1) is 3.43. The van der Waals surface area contributed by atoms with Crippen LogP contribution in [0.25, 0.3) is 0 Å². The Labute approximate surface area is 42.3 Å². The zero-order valence-corrected chi connectivity index (χ0v) is 4.13. The molecule has 0 bridgehead atoms. The number of nitrogens with zero attached hydrogens (tertiary/aromatic N) is 2. The smallest absolute Gasteiger partial charge is 0.116 e. The van der Waals surface area contributed by atoms with E-state index in [2.05, 4.69) is 9.98 Å². The average Bonchev–Trinajstić information content (AvgIpc) is 2.14. The van der Waals surface area contributed by atoms with Crippen molar-refractivity contribution in [3.63, 3.8) is 0 Å². The summed E-state index contributed by atoms with van der Waals surface area (Å²) in [5.41, 5.74) is 0.944. The molecule has 0 radical (unpaired) electrons. The Morgan fingerprint density at radius 3 is 2.86 bits per heavy atom. The van der Waals surface area contributed by atoms with Crippen LogP contribution in [0.4, 0.5) is 0 Å². The Morgan fingerprint density at radius 2 is 2.57 bits per heavy atom. The van der Waals surface area contributed by atoms with E-state index in [0.29, 0.717) is 0 Å². The van der Waals surface area contributed by atoms with Crippen LogP contribution in [0, 0.1) is 0 Å². The molecule has 0 aliphatic carbocycles. The van der Waals surface area contributed by atoms with E-state index < -0.39 is 0 Å². The fourth-order valence-corrected chi connectivity index (χ4v) is 0.392. The van der Waals surface area contributed by atoms with Gasteiger partial charge in [0.05, 0.1) is 11.9 Å². The third-order valence-electron chi connectivity index (χ3n) is 0.776. The summed E-state index contributed by atoms with van der Waals surface area (Å²) in [6.07, 6.45) is 5.17. The molecule has 0 N–H and O–H groups in total. The fourth-order valence-electron chi connectivity index (χ4n) is 0.392. The molecule has 0 atom stereocenters. The zero-order valence-electron chi connectivity index (χ0n) is 4.13. The van der Waals surface area contributed by atoms with E-state index in [-0.39, 0.29) is 0 Å². The van der Waals surface area contributed by atoms with Crippen LogP contribution in [0.15, 0.2) is 21.8 Å². The lowest BCUT2D eigenvalue weighted by Crippen LogP contribution is -1.67. The molecule has 0 fully saturated rings. The van der Waals surface area contributed by atoms with Crippen molar-refractivity contribution < 1.29 is 0 Å². The topological polar surface area (TPSA) is 24.7 Å². The summed E-state index contributed by atoms with van der Waals surface area (Å²) in [5, 5.41) is 0. The second kappa shape index (κ2) is 1.69. The molecule has 7 heavy (non-hydrogen) atoms. The third-order valence-corrected chi connectivity index (χ3v) is 0.776. The van der Waals surface area contributed by atoms with Gasteiger partial charge < -0.3 is 0 Å². The summed E-state index contributed by atoms with van der Waals surface area (Å²) in [7, 11) is 0. The minimum absolute atomic E-state index is 0.944. The lowest BCUT2D eigenvalue weighted by atomic mass is 10.5. The van der Waals surface area contributed by atoms with Crippen LogP contribution < -0.4 is 0 Å². The van der Waals surface area contributed by atoms with Crippen LogP contribution in [0.2, 0.25) is 0 Å². The van der Waals surface area contributed by atoms with Crippen molar-refractivity contribution in [3.8, 4) is 0 Å². The van der Waals surface area contributed by atoms with Crippen molar-refractivity contribution in [2.24, 2.45) is 9.98 Å². The summed E-state index contributed by atoms with van der Waals surface area (Å²) in [4.78, 5) is 7.62. The molecular formula is C5H6N2. The second-order valence-corrected chi connectivity index (χ2v) is 1.24. The van der Waals surface area contributed by atoms with Crippen LogP contribution in [0.1, 0.15) is 6.92 Å². The Balaban J connectivity index is 2.79. The summed E-state index contributed by atoms with van der Waals surface area (Å²) in [5.74, 6) is 0. The number of allylic oxidation sites excluding steroid dienone is 2. The van der Waals surface area contributed by atoms with Crippen molar-refractivity contribution in [2.75, 3.05) is 0 Å². The maximum atomic E-state index is 3.87. The van der Waals surface area contributed by atoms with Gasteiger partial charge in [-0.05, 0) is 6.92 Å². The molecular weight excluding hydrogens is 88.1 g/mol. The summed E-state index contributed by atoms with van der Waals surface area (Å²) in [6, 6.07) is 0. The molecule has 0 aromatic heterocycles. The highest BCUT2D eigenvalue weighted by atomic mass is 14.9. The first-order valence-corrected chi connectivity index (χ1v) is 2.15. The SMILES string of the molecule is CC=C1C=NC=N1. The molecule has 0 aromatic carbocycles. The van der Waals surface area contributed by atoms with E-state index in [0.717, 1.165) is 5.70 Å². The molecule has 0 aromatic rings. The van der Waals surface area contributed by atoms with E-state index in [1.807, 2.05) is 13.0 Å². The molecule has 0 amide bonds. The third kappa shape index (κ3) is 0.738. The van der Waals surface area contributed by atoms with Crippen molar-refractivity contribution >= 4 is 12.6 Å². The van der Waals surface area contributed by atoms with Gasteiger partial charge in [-0.25, -0.2) is 9.98 Å². The highest BCUT2D eigenvalue weighted by Crippen LogP contribution is 1.94. The maximum Gasteiger partial charge on any atom is 0.116 e. The molecule has 0 saturated heterocycles. The first kappa shape index (κ1) is 4.24. The zero-order chi connectivity index (χ0) is 5.11. The van der Waals surface area contributed by atoms with E-state index in [1.54, 1.807) is 6.21 Å². The molecule has 0 spiro atoms. The molecule has 1 aliphatic heterocycles. The van der Waals surface area contributed by atoms with Gasteiger partial charge in [0.1, 0.15) is 6.34 Å². The van der Waals surface area contributed by atoms with Gasteiger partial charge in [-0.15, -0.1) is 0 Å². The van der Waals surface area contributed by atoms with E-state index >= 15 is 0 Å². The Hall–Kier alpha value is -0.920. The number of hydrogen-bond donors (Lipinski definition) is 0. The van der Waals surface area contributed by atoms with Crippen molar-refractivity contribution in [1.82, 2.24) is 0 Å². The van der Waals surface area contributed by atoms with Crippen LogP contribution in [-0.4, -0.2) is 12.6 Å². The number of aliphatic imine (C=N–C) groups is 2. The monoisotopic (exact) mass is 94.1 g/mol. The number of rotatable bonds is 0. The highest BCUT2D eigenvalue weighted by Gasteiger charge is 1.87. The largest absolute Gasteiger partial charge is 0.243 e. The minimum atomic E-state index is 0.944. The summed E-state index contributed by atoms with van der Waals surface area (Å²) >= 11 is 0. The molecule has 36 valence electrons. The van der Waals surface area contributed by atoms with Crippen molar-refractivity contribution in [1.29, 1.82) is 0 Å². The maximum absolute atomic E-state index is 3.87. The van der Waals surface area contributed by atoms with Gasteiger partial charge in [-0.3, -0.25) is 0 Å². The number of hydrogen-bond acceptors (Lipinski definition) is 2. The molecule has 1 rings (SSSR count). The van der Waals surface area contributed by atoms with E-state index in [4.69, 9.17) is 0 Å². The van der Waals surface area contributed by atoms with Crippen LogP contribution in [-0.2, 0) is 0 Å². The van der Waals surface area contributed by atoms with E-state index in [1.165, 1.54) is 6.34 Å². The van der Waals surface area contributed by atoms with E-state index in [9.17, 15) is 0 Å². The van der Waals surface area contributed by atoms with Gasteiger partial charge in [-0.2, -0.15) is 0 Å². The molecule has 2 heteroatoms. The van der Waals surface area contributed by atoms with Crippen molar-refractivity contribution in [2.45, 2.75) is 6.92 Å². The highest BCUT2D eigenvalue weighted by molar-refractivity contribution is 5.91. The van der Waals surface area contributed by atoms with Gasteiger partial charge in [0.15, 0.2) is 0 Å². The Morgan fingerprint density at radius 1 is 1.71 bits per heavy atom. The summed E-state index contributed by atoms with van der Waals surface area (Å²) in [6.45, 7) is 1.93. The van der Waals surface area contributed by atoms with Gasteiger partial charge in [0.25, 0.3) is 0 Å². The van der Waals surface area contributed by atoms with Crippen LogP contribution in [0.3, 0.4) is 0 Å². The van der Waals surface area contributed by atoms with Crippen LogP contribution >= 0.6 is 0 Å². The lowest BCUT2D eigenvalue weighted by molar-refractivity contribution is 1.49. The van der Waals surface area contributed by atoms with Crippen LogP contribution in [0.5, 0.6) is 0 Å². The fraction of sp³-hybridized carbons (Fsp3) is 0.200. The average molecular weight is 94.1 g/mol. The Kier molecular flexibility index (Phi) is 1.02. The van der Waals surface area contributed by atoms with Gasteiger partial charge in [-0.1, -0.05) is 6.08 Å². The lowest BCUT2D eigenvalue weighted by Gasteiger charge is -1.75. The molecule has 2 nitrogen and oxygen atoms in total. The quantitative estimate of drug-likeness (QED) is 0.428. The first-order valence-electron chi connectivity index (χ1n) is 2.15. The summed E-state index contributed by atoms with van der Waals surface area (Å²) < 4.78 is 0. The van der Waals surface area contributed by atoms with Gasteiger partial charge in [0, 0.05) is 0 Å². The van der Waals surface area contributed by atoms with Crippen molar-refractivity contribution in [3.05, 3.63) is 11.8 Å². The Bertz CT molecular complexity index is 128. The predicted octanol–water partition coefficient (Wildman–Crippen LogP) is 1.00. The standard InChI is InChI=1S/C5H6N2/c1-2-5-3-6-4-7-5/h2-4H,1H3. The molecule has 0 unspecified atom stereocenters. The van der Waals surface area contributed by atoms with Gasteiger partial charge >= 0.3 is 0 Å². The normalized spacial score (nSPS) is 22.1.